The Morgan fingerprint density at radius 1 is 1.21 bits per heavy atom. The van der Waals surface area contributed by atoms with Crippen molar-refractivity contribution in [3.8, 4) is 0 Å². The number of benzene rings is 1. The molecule has 4 N–H and O–H groups in total. The normalized spacial score (nSPS) is 10.8. The first-order valence-electron chi connectivity index (χ1n) is 7.73. The summed E-state index contributed by atoms with van der Waals surface area (Å²) in [4.78, 5) is 22.4. The van der Waals surface area contributed by atoms with Crippen LogP contribution >= 0.6 is 0 Å². The van der Waals surface area contributed by atoms with Gasteiger partial charge in [0.2, 0.25) is 0 Å². The molecule has 24 heavy (non-hydrogen) atoms. The summed E-state index contributed by atoms with van der Waals surface area (Å²) in [5.41, 5.74) is 3.97. The number of nitrogens with one attached hydrogen (secondary N) is 2. The molecule has 6 heteroatoms. The smallest absolute Gasteiger partial charge is 0.328 e. The molecule has 0 spiro atoms. The van der Waals surface area contributed by atoms with Crippen LogP contribution in [0.2, 0.25) is 0 Å². The largest absolute Gasteiger partial charge is 0.478 e. The number of hydrogen-bond acceptors (Lipinski definition) is 3. The number of rotatable bonds is 6. The van der Waals surface area contributed by atoms with Crippen molar-refractivity contribution in [2.75, 3.05) is 6.54 Å². The Kier molecular flexibility index (Phi) is 7.71. The molecule has 0 saturated heterocycles. The zero-order valence-corrected chi connectivity index (χ0v) is 14.2. The van der Waals surface area contributed by atoms with Gasteiger partial charge in [-0.05, 0) is 37.6 Å². The molecule has 0 radical (unpaired) electrons. The van der Waals surface area contributed by atoms with Gasteiger partial charge < -0.3 is 20.5 Å². The number of carboxylic acids is 2. The fraction of sp³-hybridized carbons (Fsp3) is 0.333. The number of hydrogen-bond donors (Lipinski definition) is 4. The van der Waals surface area contributed by atoms with E-state index in [4.69, 9.17) is 10.2 Å². The summed E-state index contributed by atoms with van der Waals surface area (Å²) < 4.78 is 0. The Morgan fingerprint density at radius 3 is 2.38 bits per heavy atom. The highest BCUT2D eigenvalue weighted by Crippen LogP contribution is 2.19. The number of H-pyrrole nitrogens is 1. The third-order valence-corrected chi connectivity index (χ3v) is 3.24. The Morgan fingerprint density at radius 2 is 1.83 bits per heavy atom. The molecule has 0 atom stereocenters. The van der Waals surface area contributed by atoms with Gasteiger partial charge in [-0.1, -0.05) is 25.5 Å². The molecule has 1 aromatic carbocycles. The summed E-state index contributed by atoms with van der Waals surface area (Å²) in [7, 11) is 0. The zero-order valence-electron chi connectivity index (χ0n) is 14.2. The summed E-state index contributed by atoms with van der Waals surface area (Å²) in [5.74, 6) is -2.51. The van der Waals surface area contributed by atoms with E-state index in [1.54, 1.807) is 0 Å². The fourth-order valence-electron chi connectivity index (χ4n) is 2.14. The lowest BCUT2D eigenvalue weighted by atomic mass is 10.1. The number of fused-ring (bicyclic) bond motifs is 1. The number of aromatic nitrogens is 1. The van der Waals surface area contributed by atoms with Gasteiger partial charge in [-0.15, -0.1) is 0 Å². The predicted molar refractivity (Wildman–Crippen MR) is 94.3 cm³/mol. The Labute approximate surface area is 141 Å². The minimum absolute atomic E-state index is 0.558. The third kappa shape index (κ3) is 7.11. The van der Waals surface area contributed by atoms with Crippen molar-refractivity contribution in [1.29, 1.82) is 0 Å². The summed E-state index contributed by atoms with van der Waals surface area (Å²) >= 11 is 0. The Balaban J connectivity index is 0.000000307. The minimum Gasteiger partial charge on any atom is -0.478 e. The molecule has 0 aliphatic rings. The molecule has 130 valence electrons. The molecular weight excluding hydrogens is 308 g/mol. The van der Waals surface area contributed by atoms with Crippen LogP contribution < -0.4 is 5.32 Å². The molecular formula is C18H24N2O4. The highest BCUT2D eigenvalue weighted by atomic mass is 16.4. The molecule has 0 aliphatic heterocycles. The van der Waals surface area contributed by atoms with Crippen LogP contribution in [0.1, 0.15) is 25.0 Å². The first-order chi connectivity index (χ1) is 11.3. The quantitative estimate of drug-likeness (QED) is 0.609. The summed E-state index contributed by atoms with van der Waals surface area (Å²) in [6, 6.07) is 7.13. The predicted octanol–water partition coefficient (Wildman–Crippen LogP) is 2.73. The van der Waals surface area contributed by atoms with E-state index < -0.39 is 11.9 Å². The van der Waals surface area contributed by atoms with Gasteiger partial charge >= 0.3 is 11.9 Å². The second kappa shape index (κ2) is 9.52. The van der Waals surface area contributed by atoms with Crippen LogP contribution in [0.4, 0.5) is 0 Å². The van der Waals surface area contributed by atoms with Gasteiger partial charge in [0.25, 0.3) is 0 Å². The Bertz CT molecular complexity index is 701. The fourth-order valence-corrected chi connectivity index (χ4v) is 2.14. The number of carboxylic acid groups (broad SMARTS) is 2. The molecule has 0 aliphatic carbocycles. The van der Waals surface area contributed by atoms with Crippen LogP contribution in [0.5, 0.6) is 0 Å². The number of aliphatic carboxylic acids is 2. The van der Waals surface area contributed by atoms with E-state index in [0.29, 0.717) is 18.2 Å². The molecule has 0 fully saturated rings. The van der Waals surface area contributed by atoms with E-state index in [9.17, 15) is 9.59 Å². The van der Waals surface area contributed by atoms with E-state index in [2.05, 4.69) is 55.5 Å². The maximum atomic E-state index is 9.55. The van der Waals surface area contributed by atoms with E-state index in [-0.39, 0.29) is 0 Å². The van der Waals surface area contributed by atoms with Crippen molar-refractivity contribution < 1.29 is 19.8 Å². The molecule has 2 rings (SSSR count). The second-order valence-corrected chi connectivity index (χ2v) is 5.73. The highest BCUT2D eigenvalue weighted by molar-refractivity contribution is 5.89. The minimum atomic E-state index is -1.26. The van der Waals surface area contributed by atoms with Crippen molar-refractivity contribution in [2.24, 2.45) is 0 Å². The third-order valence-electron chi connectivity index (χ3n) is 3.24. The van der Waals surface area contributed by atoms with Gasteiger partial charge in [0.05, 0.1) is 0 Å². The van der Waals surface area contributed by atoms with Gasteiger partial charge in [0.1, 0.15) is 0 Å². The molecule has 6 nitrogen and oxygen atoms in total. The standard InChI is InChI=1S/C14H20N2.C4H4O4/c1-10(2)15-7-6-12-9-16-14-5-4-11(3)8-13(12)14;5-3(6)1-2-4(7)8/h4-5,8-10,15-16H,6-7H2,1-3H3;1-2H,(H,5,6)(H,7,8)/b;2-1+. The summed E-state index contributed by atoms with van der Waals surface area (Å²) in [5, 5.41) is 20.4. The molecule has 1 aromatic heterocycles. The van der Waals surface area contributed by atoms with Gasteiger partial charge in [0, 0.05) is 35.3 Å². The van der Waals surface area contributed by atoms with Crippen molar-refractivity contribution in [1.82, 2.24) is 10.3 Å². The van der Waals surface area contributed by atoms with E-state index in [0.717, 1.165) is 13.0 Å². The van der Waals surface area contributed by atoms with Crippen LogP contribution in [0.15, 0.2) is 36.5 Å². The van der Waals surface area contributed by atoms with Crippen molar-refractivity contribution in [3.63, 3.8) is 0 Å². The topological polar surface area (TPSA) is 102 Å². The molecule has 1 heterocycles. The van der Waals surface area contributed by atoms with E-state index in [1.807, 2.05) is 0 Å². The molecule has 0 amide bonds. The van der Waals surface area contributed by atoms with Gasteiger partial charge in [-0.2, -0.15) is 0 Å². The first kappa shape index (κ1) is 19.4. The van der Waals surface area contributed by atoms with Gasteiger partial charge in [0.15, 0.2) is 0 Å². The summed E-state index contributed by atoms with van der Waals surface area (Å²) in [6.45, 7) is 7.54. The van der Waals surface area contributed by atoms with E-state index in [1.165, 1.54) is 22.0 Å². The average molecular weight is 332 g/mol. The highest BCUT2D eigenvalue weighted by Gasteiger charge is 2.03. The molecule has 0 bridgehead atoms. The van der Waals surface area contributed by atoms with Gasteiger partial charge in [-0.3, -0.25) is 0 Å². The van der Waals surface area contributed by atoms with Crippen molar-refractivity contribution in [3.05, 3.63) is 47.7 Å². The number of aryl methyl sites for hydroxylation is 1. The monoisotopic (exact) mass is 332 g/mol. The lowest BCUT2D eigenvalue weighted by Gasteiger charge is -2.07. The van der Waals surface area contributed by atoms with Crippen LogP contribution in [0.25, 0.3) is 10.9 Å². The maximum absolute atomic E-state index is 9.55. The zero-order chi connectivity index (χ0) is 18.1. The first-order valence-corrected chi connectivity index (χ1v) is 7.73. The number of aromatic amines is 1. The van der Waals surface area contributed by atoms with Crippen LogP contribution in [-0.4, -0.2) is 39.7 Å². The van der Waals surface area contributed by atoms with Crippen molar-refractivity contribution >= 4 is 22.8 Å². The SMILES string of the molecule is Cc1ccc2[nH]cc(CCNC(C)C)c2c1.O=C(O)/C=C/C(=O)O. The van der Waals surface area contributed by atoms with E-state index >= 15 is 0 Å². The molecule has 0 unspecified atom stereocenters. The van der Waals surface area contributed by atoms with Crippen LogP contribution in [0, 0.1) is 6.92 Å². The molecule has 0 saturated carbocycles. The van der Waals surface area contributed by atoms with Crippen LogP contribution in [0.3, 0.4) is 0 Å². The maximum Gasteiger partial charge on any atom is 0.328 e. The second-order valence-electron chi connectivity index (χ2n) is 5.73. The lowest BCUT2D eigenvalue weighted by Crippen LogP contribution is -2.24. The summed E-state index contributed by atoms with van der Waals surface area (Å²) in [6.07, 6.45) is 4.33. The number of carbonyl (C=O) groups is 2. The van der Waals surface area contributed by atoms with Crippen molar-refractivity contribution in [2.45, 2.75) is 33.2 Å². The molecule has 2 aromatic rings. The lowest BCUT2D eigenvalue weighted by molar-refractivity contribution is -0.134. The average Bonchev–Trinajstić information content (AvgIpc) is 2.88. The van der Waals surface area contributed by atoms with Crippen LogP contribution in [-0.2, 0) is 16.0 Å². The Hall–Kier alpha value is -2.60. The van der Waals surface area contributed by atoms with Gasteiger partial charge in [-0.25, -0.2) is 9.59 Å².